The van der Waals surface area contributed by atoms with E-state index in [-0.39, 0.29) is 12.4 Å². The number of cyclic esters (lactones) is 1. The first kappa shape index (κ1) is 22.3. The SMILES string of the molecule is Cl.N#CC1(c2ccc(-c3ccc(N4C[C@H](Cn5ccnn5)OC4=O)cc3F)cn2)C2CNCC21. The van der Waals surface area contributed by atoms with Crippen LogP contribution >= 0.6 is 12.4 Å². The average molecular weight is 482 g/mol. The largest absolute Gasteiger partial charge is 0.442 e. The van der Waals surface area contributed by atoms with Crippen LogP contribution in [0.2, 0.25) is 0 Å². The number of fused-ring (bicyclic) bond motifs is 1. The number of hydrogen-bond acceptors (Lipinski definition) is 7. The highest BCUT2D eigenvalue weighted by molar-refractivity contribution is 5.90. The van der Waals surface area contributed by atoms with Crippen LogP contribution in [-0.2, 0) is 16.7 Å². The summed E-state index contributed by atoms with van der Waals surface area (Å²) in [5.41, 5.74) is 1.65. The molecule has 3 fully saturated rings. The van der Waals surface area contributed by atoms with Gasteiger partial charge in [0.1, 0.15) is 17.3 Å². The van der Waals surface area contributed by atoms with Crippen molar-refractivity contribution in [3.05, 3.63) is 60.4 Å². The number of pyridine rings is 1. The van der Waals surface area contributed by atoms with Crippen molar-refractivity contribution in [1.29, 1.82) is 5.26 Å². The molecule has 3 aliphatic rings. The minimum atomic E-state index is -0.524. The van der Waals surface area contributed by atoms with Crippen LogP contribution in [0.3, 0.4) is 0 Å². The normalized spacial score (nSPS) is 27.0. The maximum absolute atomic E-state index is 15.0. The molecular formula is C23H21ClFN7O2. The first-order valence-electron chi connectivity index (χ1n) is 10.8. The van der Waals surface area contributed by atoms with E-state index in [1.54, 1.807) is 41.5 Å². The molecule has 2 unspecified atom stereocenters. The van der Waals surface area contributed by atoms with Gasteiger partial charge in [0, 0.05) is 48.4 Å². The number of carbonyl (C=O) groups is 1. The lowest BCUT2D eigenvalue weighted by Crippen LogP contribution is -2.26. The van der Waals surface area contributed by atoms with Gasteiger partial charge in [-0.2, -0.15) is 5.26 Å². The summed E-state index contributed by atoms with van der Waals surface area (Å²) in [4.78, 5) is 18.3. The second-order valence-corrected chi connectivity index (χ2v) is 8.69. The fourth-order valence-electron chi connectivity index (χ4n) is 5.21. The Morgan fingerprint density at radius 1 is 1.26 bits per heavy atom. The third kappa shape index (κ3) is 3.40. The molecule has 1 aromatic carbocycles. The van der Waals surface area contributed by atoms with Crippen LogP contribution in [-0.4, -0.2) is 51.8 Å². The number of nitrogens with zero attached hydrogens (tertiary/aromatic N) is 6. The van der Waals surface area contributed by atoms with Crippen LogP contribution in [0.25, 0.3) is 11.1 Å². The van der Waals surface area contributed by atoms with Gasteiger partial charge in [-0.05, 0) is 24.3 Å². The third-order valence-corrected chi connectivity index (χ3v) is 6.96. The maximum atomic E-state index is 15.0. The van der Waals surface area contributed by atoms with Crippen molar-refractivity contribution >= 4 is 24.2 Å². The fourth-order valence-corrected chi connectivity index (χ4v) is 5.21. The third-order valence-electron chi connectivity index (χ3n) is 6.96. The molecule has 6 rings (SSSR count). The number of piperidine rings is 1. The van der Waals surface area contributed by atoms with E-state index in [4.69, 9.17) is 4.74 Å². The predicted molar refractivity (Wildman–Crippen MR) is 122 cm³/mol. The highest BCUT2D eigenvalue weighted by atomic mass is 35.5. The summed E-state index contributed by atoms with van der Waals surface area (Å²) in [6.45, 7) is 2.33. The molecule has 9 nitrogen and oxygen atoms in total. The van der Waals surface area contributed by atoms with Crippen molar-refractivity contribution in [3.63, 3.8) is 0 Å². The van der Waals surface area contributed by atoms with E-state index in [0.29, 0.717) is 41.7 Å². The Labute approximate surface area is 200 Å². The molecule has 4 heterocycles. The Morgan fingerprint density at radius 2 is 2.09 bits per heavy atom. The summed E-state index contributed by atoms with van der Waals surface area (Å²) in [5.74, 6) is 0.132. The minimum absolute atomic E-state index is 0. The molecule has 1 aliphatic carbocycles. The molecule has 3 atom stereocenters. The van der Waals surface area contributed by atoms with Gasteiger partial charge in [-0.25, -0.2) is 13.9 Å². The van der Waals surface area contributed by atoms with E-state index in [1.807, 2.05) is 6.07 Å². The number of aromatic nitrogens is 4. The lowest BCUT2D eigenvalue weighted by molar-refractivity contribution is 0.129. The summed E-state index contributed by atoms with van der Waals surface area (Å²) in [6.07, 6.45) is 3.94. The van der Waals surface area contributed by atoms with Gasteiger partial charge in [0.15, 0.2) is 0 Å². The van der Waals surface area contributed by atoms with Crippen LogP contribution in [0.4, 0.5) is 14.9 Å². The molecule has 1 amide bonds. The molecule has 0 spiro atoms. The number of nitrogens with one attached hydrogen (secondary N) is 1. The van der Waals surface area contributed by atoms with E-state index < -0.39 is 23.4 Å². The van der Waals surface area contributed by atoms with Gasteiger partial charge in [-0.3, -0.25) is 9.88 Å². The summed E-state index contributed by atoms with van der Waals surface area (Å²) < 4.78 is 22.0. The Bertz CT molecular complexity index is 1250. The molecule has 3 aromatic rings. The van der Waals surface area contributed by atoms with E-state index in [0.717, 1.165) is 18.8 Å². The molecule has 2 aromatic heterocycles. The van der Waals surface area contributed by atoms with Crippen molar-refractivity contribution in [2.75, 3.05) is 24.5 Å². The quantitative estimate of drug-likeness (QED) is 0.596. The van der Waals surface area contributed by atoms with Gasteiger partial charge < -0.3 is 10.1 Å². The molecule has 2 aliphatic heterocycles. The van der Waals surface area contributed by atoms with Crippen molar-refractivity contribution in [2.45, 2.75) is 18.1 Å². The Balaban J connectivity index is 0.00000241. The van der Waals surface area contributed by atoms with Crippen LogP contribution in [0.15, 0.2) is 48.9 Å². The number of carbonyl (C=O) groups excluding carboxylic acids is 1. The second kappa shape index (κ2) is 8.34. The van der Waals surface area contributed by atoms with Crippen molar-refractivity contribution < 1.29 is 13.9 Å². The molecule has 1 saturated carbocycles. The van der Waals surface area contributed by atoms with E-state index in [2.05, 4.69) is 26.7 Å². The number of amides is 1. The van der Waals surface area contributed by atoms with Crippen molar-refractivity contribution in [3.8, 4) is 17.2 Å². The zero-order valence-corrected chi connectivity index (χ0v) is 18.8. The molecule has 174 valence electrons. The summed E-state index contributed by atoms with van der Waals surface area (Å²) in [6, 6.07) is 10.8. The number of rotatable bonds is 5. The highest BCUT2D eigenvalue weighted by Crippen LogP contribution is 2.60. The topological polar surface area (TPSA) is 109 Å². The average Bonchev–Trinajstić information content (AvgIpc) is 3.35. The Kier molecular flexibility index (Phi) is 5.46. The van der Waals surface area contributed by atoms with E-state index in [1.165, 1.54) is 11.0 Å². The van der Waals surface area contributed by atoms with Crippen LogP contribution in [0.1, 0.15) is 5.69 Å². The smallest absolute Gasteiger partial charge is 0.414 e. The van der Waals surface area contributed by atoms with Gasteiger partial charge in [0.25, 0.3) is 0 Å². The zero-order chi connectivity index (χ0) is 22.6. The number of hydrogen-bond donors (Lipinski definition) is 1. The second-order valence-electron chi connectivity index (χ2n) is 8.69. The molecule has 34 heavy (non-hydrogen) atoms. The molecule has 1 N–H and O–H groups in total. The first-order valence-corrected chi connectivity index (χ1v) is 10.8. The van der Waals surface area contributed by atoms with Crippen molar-refractivity contribution in [1.82, 2.24) is 25.3 Å². The van der Waals surface area contributed by atoms with Gasteiger partial charge >= 0.3 is 6.09 Å². The number of anilines is 1. The number of ether oxygens (including phenoxy) is 1. The molecule has 2 saturated heterocycles. The van der Waals surface area contributed by atoms with Gasteiger partial charge in [-0.15, -0.1) is 17.5 Å². The molecule has 11 heteroatoms. The van der Waals surface area contributed by atoms with Crippen LogP contribution in [0, 0.1) is 29.0 Å². The highest BCUT2D eigenvalue weighted by Gasteiger charge is 2.69. The monoisotopic (exact) mass is 481 g/mol. The fraction of sp³-hybridized carbons (Fsp3) is 0.348. The van der Waals surface area contributed by atoms with E-state index >= 15 is 4.39 Å². The Morgan fingerprint density at radius 3 is 2.74 bits per heavy atom. The van der Waals surface area contributed by atoms with E-state index in [9.17, 15) is 10.1 Å². The predicted octanol–water partition coefficient (Wildman–Crippen LogP) is 2.54. The van der Waals surface area contributed by atoms with Gasteiger partial charge in [0.2, 0.25) is 0 Å². The van der Waals surface area contributed by atoms with Gasteiger partial charge in [-0.1, -0.05) is 11.3 Å². The number of nitriles is 1. The minimum Gasteiger partial charge on any atom is -0.442 e. The zero-order valence-electron chi connectivity index (χ0n) is 18.0. The summed E-state index contributed by atoms with van der Waals surface area (Å²) in [7, 11) is 0. The first-order chi connectivity index (χ1) is 16.1. The standard InChI is InChI=1S/C23H20FN7O2.ClH/c24-20-7-15(31-12-16(33-22(31)32)11-30-6-5-28-29-30)2-3-17(20)14-1-4-21(27-8-14)23(13-25)18-9-26-10-19(18)23;/h1-8,16,18-19,26H,9-12H2;1H/t16-,18?,19?,23?;/m0./s1. The molecule has 0 bridgehead atoms. The molecule has 0 radical (unpaired) electrons. The summed E-state index contributed by atoms with van der Waals surface area (Å²) in [5, 5.41) is 20.7. The maximum Gasteiger partial charge on any atom is 0.414 e. The summed E-state index contributed by atoms with van der Waals surface area (Å²) >= 11 is 0. The van der Waals surface area contributed by atoms with Crippen LogP contribution < -0.4 is 10.2 Å². The lowest BCUT2D eigenvalue weighted by atomic mass is 9.96. The molecular weight excluding hydrogens is 461 g/mol. The van der Waals surface area contributed by atoms with Gasteiger partial charge in [0.05, 0.1) is 36.7 Å². The number of benzene rings is 1. The number of halogens is 2. The van der Waals surface area contributed by atoms with Crippen molar-refractivity contribution in [2.24, 2.45) is 11.8 Å². The lowest BCUT2D eigenvalue weighted by Gasteiger charge is -2.15. The Hall–Kier alpha value is -3.55. The van der Waals surface area contributed by atoms with Crippen LogP contribution in [0.5, 0.6) is 0 Å².